The van der Waals surface area contributed by atoms with Crippen molar-refractivity contribution in [2.24, 2.45) is 0 Å². The summed E-state index contributed by atoms with van der Waals surface area (Å²) in [7, 11) is 1.54. The van der Waals surface area contributed by atoms with Gasteiger partial charge in [0.25, 0.3) is 0 Å². The predicted octanol–water partition coefficient (Wildman–Crippen LogP) is 0.921. The van der Waals surface area contributed by atoms with Crippen molar-refractivity contribution in [3.63, 3.8) is 0 Å². The van der Waals surface area contributed by atoms with Crippen molar-refractivity contribution in [1.82, 2.24) is 10.6 Å². The van der Waals surface area contributed by atoms with E-state index < -0.39 is 11.9 Å². The van der Waals surface area contributed by atoms with Crippen LogP contribution in [0.2, 0.25) is 0 Å². The number of nitriles is 1. The number of carbonyl (C=O) groups is 1. The van der Waals surface area contributed by atoms with E-state index in [1.54, 1.807) is 25.1 Å². The molecule has 90 valence electrons. The number of benzene rings is 1. The molecule has 1 rings (SSSR count). The predicted molar refractivity (Wildman–Crippen MR) is 61.5 cm³/mol. The Hall–Kier alpha value is -1.93. The van der Waals surface area contributed by atoms with E-state index >= 15 is 0 Å². The van der Waals surface area contributed by atoms with Gasteiger partial charge in [-0.25, -0.2) is 4.39 Å². The van der Waals surface area contributed by atoms with Gasteiger partial charge in [0.05, 0.1) is 11.6 Å². The van der Waals surface area contributed by atoms with Crippen LogP contribution in [-0.2, 0) is 11.3 Å². The SMILES string of the molecule is CNC(=O)C(C)NCc1cccc(C#N)c1F. The van der Waals surface area contributed by atoms with Crippen LogP contribution in [0.15, 0.2) is 18.2 Å². The first-order valence-corrected chi connectivity index (χ1v) is 5.22. The van der Waals surface area contributed by atoms with Crippen molar-refractivity contribution < 1.29 is 9.18 Å². The Kier molecular flexibility index (Phi) is 4.61. The number of amides is 1. The summed E-state index contributed by atoms with van der Waals surface area (Å²) in [5.41, 5.74) is 0.386. The highest BCUT2D eigenvalue weighted by molar-refractivity contribution is 5.80. The molecule has 4 nitrogen and oxygen atoms in total. The number of carbonyl (C=O) groups excluding carboxylic acids is 1. The minimum absolute atomic E-state index is 0.0110. The van der Waals surface area contributed by atoms with Gasteiger partial charge < -0.3 is 10.6 Å². The molecule has 0 aliphatic carbocycles. The lowest BCUT2D eigenvalue weighted by atomic mass is 10.1. The summed E-state index contributed by atoms with van der Waals surface area (Å²) in [5.74, 6) is -0.701. The van der Waals surface area contributed by atoms with Gasteiger partial charge in [-0.1, -0.05) is 12.1 Å². The fourth-order valence-electron chi connectivity index (χ4n) is 1.37. The third-order valence-electron chi connectivity index (χ3n) is 2.44. The van der Waals surface area contributed by atoms with Crippen molar-refractivity contribution in [2.75, 3.05) is 7.05 Å². The lowest BCUT2D eigenvalue weighted by Gasteiger charge is -2.12. The lowest BCUT2D eigenvalue weighted by Crippen LogP contribution is -2.40. The summed E-state index contributed by atoms with van der Waals surface area (Å²) in [6.07, 6.45) is 0. The molecule has 0 saturated heterocycles. The fourth-order valence-corrected chi connectivity index (χ4v) is 1.37. The van der Waals surface area contributed by atoms with Gasteiger partial charge in [-0.2, -0.15) is 5.26 Å². The second kappa shape index (κ2) is 5.97. The number of nitrogens with one attached hydrogen (secondary N) is 2. The summed E-state index contributed by atoms with van der Waals surface area (Å²) in [4.78, 5) is 11.2. The summed E-state index contributed by atoms with van der Waals surface area (Å²) in [5, 5.41) is 14.0. The molecule has 1 unspecified atom stereocenters. The molecule has 1 aromatic carbocycles. The highest BCUT2D eigenvalue weighted by atomic mass is 19.1. The molecule has 0 aromatic heterocycles. The Balaban J connectivity index is 2.71. The van der Waals surface area contributed by atoms with E-state index in [0.717, 1.165) is 0 Å². The summed E-state index contributed by atoms with van der Waals surface area (Å²) in [6.45, 7) is 1.89. The Morgan fingerprint density at radius 2 is 2.29 bits per heavy atom. The van der Waals surface area contributed by atoms with E-state index in [1.807, 2.05) is 0 Å². The van der Waals surface area contributed by atoms with Gasteiger partial charge >= 0.3 is 0 Å². The van der Waals surface area contributed by atoms with E-state index in [0.29, 0.717) is 5.56 Å². The molecule has 0 spiro atoms. The van der Waals surface area contributed by atoms with Crippen LogP contribution in [0.1, 0.15) is 18.1 Å². The zero-order chi connectivity index (χ0) is 12.8. The number of hydrogen-bond donors (Lipinski definition) is 2. The van der Waals surface area contributed by atoms with Crippen molar-refractivity contribution in [3.05, 3.63) is 35.1 Å². The summed E-state index contributed by atoms with van der Waals surface area (Å²) in [6, 6.07) is 5.98. The van der Waals surface area contributed by atoms with Crippen molar-refractivity contribution in [1.29, 1.82) is 5.26 Å². The monoisotopic (exact) mass is 235 g/mol. The molecule has 0 aliphatic rings. The largest absolute Gasteiger partial charge is 0.358 e. The Morgan fingerprint density at radius 1 is 1.59 bits per heavy atom. The zero-order valence-corrected chi connectivity index (χ0v) is 9.75. The van der Waals surface area contributed by atoms with E-state index in [-0.39, 0.29) is 18.0 Å². The first-order valence-electron chi connectivity index (χ1n) is 5.22. The van der Waals surface area contributed by atoms with Gasteiger partial charge in [-0.05, 0) is 13.0 Å². The maximum atomic E-state index is 13.6. The van der Waals surface area contributed by atoms with Crippen LogP contribution in [0.4, 0.5) is 4.39 Å². The van der Waals surface area contributed by atoms with Crippen molar-refractivity contribution >= 4 is 5.91 Å². The van der Waals surface area contributed by atoms with Crippen LogP contribution < -0.4 is 10.6 Å². The van der Waals surface area contributed by atoms with Crippen LogP contribution in [0.5, 0.6) is 0 Å². The summed E-state index contributed by atoms with van der Waals surface area (Å²) >= 11 is 0. The molecule has 0 radical (unpaired) electrons. The van der Waals surface area contributed by atoms with Crippen LogP contribution in [0.25, 0.3) is 0 Å². The van der Waals surface area contributed by atoms with Crippen molar-refractivity contribution in [3.8, 4) is 6.07 Å². The molecule has 17 heavy (non-hydrogen) atoms. The van der Waals surface area contributed by atoms with Gasteiger partial charge in [-0.3, -0.25) is 4.79 Å². The molecule has 2 N–H and O–H groups in total. The molecule has 0 saturated carbocycles. The molecule has 0 aliphatic heterocycles. The van der Waals surface area contributed by atoms with E-state index in [1.165, 1.54) is 13.1 Å². The number of halogens is 1. The maximum Gasteiger partial charge on any atom is 0.236 e. The first kappa shape index (κ1) is 13.1. The molecule has 1 aromatic rings. The van der Waals surface area contributed by atoms with Gasteiger partial charge in [0, 0.05) is 19.2 Å². The second-order valence-electron chi connectivity index (χ2n) is 3.61. The van der Waals surface area contributed by atoms with E-state index in [2.05, 4.69) is 10.6 Å². The van der Waals surface area contributed by atoms with Crippen LogP contribution >= 0.6 is 0 Å². The Morgan fingerprint density at radius 3 is 2.88 bits per heavy atom. The molecular weight excluding hydrogens is 221 g/mol. The number of nitrogens with zero attached hydrogens (tertiary/aromatic N) is 1. The normalized spacial score (nSPS) is 11.6. The quantitative estimate of drug-likeness (QED) is 0.815. The van der Waals surface area contributed by atoms with Gasteiger partial charge in [0.2, 0.25) is 5.91 Å². The van der Waals surface area contributed by atoms with Gasteiger partial charge in [0.15, 0.2) is 0 Å². The highest BCUT2D eigenvalue weighted by Gasteiger charge is 2.12. The average Bonchev–Trinajstić information content (AvgIpc) is 2.36. The van der Waals surface area contributed by atoms with Crippen LogP contribution in [0.3, 0.4) is 0 Å². The maximum absolute atomic E-state index is 13.6. The van der Waals surface area contributed by atoms with E-state index in [4.69, 9.17) is 5.26 Å². The fraction of sp³-hybridized carbons (Fsp3) is 0.333. The number of likely N-dealkylation sites (N-methyl/N-ethyl adjacent to an activating group) is 1. The van der Waals surface area contributed by atoms with Crippen molar-refractivity contribution in [2.45, 2.75) is 19.5 Å². The summed E-state index contributed by atoms with van der Waals surface area (Å²) < 4.78 is 13.6. The topological polar surface area (TPSA) is 64.9 Å². The molecule has 1 amide bonds. The molecule has 0 heterocycles. The zero-order valence-electron chi connectivity index (χ0n) is 9.75. The standard InChI is InChI=1S/C12H14FN3O/c1-8(12(17)15-2)16-7-10-5-3-4-9(6-14)11(10)13/h3-5,8,16H,7H2,1-2H3,(H,15,17). The van der Waals surface area contributed by atoms with Crippen LogP contribution in [0, 0.1) is 17.1 Å². The Bertz CT molecular complexity index is 454. The molecular formula is C12H14FN3O. The first-order chi connectivity index (χ1) is 8.10. The highest BCUT2D eigenvalue weighted by Crippen LogP contribution is 2.11. The minimum Gasteiger partial charge on any atom is -0.358 e. The second-order valence-corrected chi connectivity index (χ2v) is 3.61. The van der Waals surface area contributed by atoms with Gasteiger partial charge in [-0.15, -0.1) is 0 Å². The lowest BCUT2D eigenvalue weighted by molar-refractivity contribution is -0.122. The third-order valence-corrected chi connectivity index (χ3v) is 2.44. The minimum atomic E-state index is -0.536. The van der Waals surface area contributed by atoms with E-state index in [9.17, 15) is 9.18 Å². The third kappa shape index (κ3) is 3.26. The van der Waals surface area contributed by atoms with Gasteiger partial charge in [0.1, 0.15) is 11.9 Å². The smallest absolute Gasteiger partial charge is 0.236 e. The van der Waals surface area contributed by atoms with Crippen LogP contribution in [-0.4, -0.2) is 19.0 Å². The molecule has 0 fully saturated rings. The number of hydrogen-bond acceptors (Lipinski definition) is 3. The molecule has 1 atom stereocenters. The number of rotatable bonds is 4. The molecule has 0 bridgehead atoms. The average molecular weight is 235 g/mol. The molecule has 5 heteroatoms. The Labute approximate surface area is 99.4 Å².